The van der Waals surface area contributed by atoms with Gasteiger partial charge in [0, 0.05) is 12.2 Å². The minimum Gasteiger partial charge on any atom is -0.380 e. The molecule has 0 aromatic carbocycles. The molecule has 1 aromatic rings. The number of hydrogen-bond acceptors (Lipinski definition) is 2. The highest BCUT2D eigenvalue weighted by atomic mass is 35.5. The fourth-order valence-corrected chi connectivity index (χ4v) is 2.67. The van der Waals surface area contributed by atoms with Crippen LogP contribution < -0.4 is 5.32 Å². The van der Waals surface area contributed by atoms with E-state index in [4.69, 9.17) is 11.6 Å². The van der Waals surface area contributed by atoms with E-state index < -0.39 is 0 Å². The van der Waals surface area contributed by atoms with E-state index in [9.17, 15) is 0 Å². The summed E-state index contributed by atoms with van der Waals surface area (Å²) in [6.45, 7) is 4.73. The van der Waals surface area contributed by atoms with Crippen molar-refractivity contribution in [3.05, 3.63) is 23.5 Å². The van der Waals surface area contributed by atoms with Gasteiger partial charge in [-0.2, -0.15) is 0 Å². The van der Waals surface area contributed by atoms with Gasteiger partial charge in [-0.1, -0.05) is 31.9 Å². The number of aromatic nitrogens is 1. The fourth-order valence-electron chi connectivity index (χ4n) is 2.51. The Bertz CT molecular complexity index is 376. The Morgan fingerprint density at radius 3 is 2.94 bits per heavy atom. The lowest BCUT2D eigenvalue weighted by Gasteiger charge is -2.22. The standard InChI is InChI=1S/C14H21ClN2/c1-14(2)7-3-4-11(5-8-14)17-13-10-16-9-6-12(13)15/h6,9-11,17H,3-5,7-8H2,1-2H3. The first-order chi connectivity index (χ1) is 8.07. The predicted octanol–water partition coefficient (Wildman–Crippen LogP) is 4.51. The zero-order chi connectivity index (χ0) is 12.3. The van der Waals surface area contributed by atoms with E-state index in [2.05, 4.69) is 24.1 Å². The zero-order valence-corrected chi connectivity index (χ0v) is 11.4. The quantitative estimate of drug-likeness (QED) is 0.784. The van der Waals surface area contributed by atoms with Crippen LogP contribution in [0.15, 0.2) is 18.5 Å². The first kappa shape index (κ1) is 12.7. The van der Waals surface area contributed by atoms with Crippen molar-refractivity contribution in [1.82, 2.24) is 4.98 Å². The normalized spacial score (nSPS) is 24.1. The van der Waals surface area contributed by atoms with Gasteiger partial charge in [0.15, 0.2) is 0 Å². The summed E-state index contributed by atoms with van der Waals surface area (Å²) in [5.41, 5.74) is 1.47. The molecule has 2 rings (SSSR count). The molecule has 1 aliphatic rings. The lowest BCUT2D eigenvalue weighted by molar-refractivity contribution is 0.313. The molecule has 0 spiro atoms. The SMILES string of the molecule is CC1(C)CCCC(Nc2cnccc2Cl)CC1. The number of rotatable bonds is 2. The Hall–Kier alpha value is -0.760. The van der Waals surface area contributed by atoms with E-state index >= 15 is 0 Å². The maximum absolute atomic E-state index is 6.14. The molecule has 0 bridgehead atoms. The molecule has 1 aliphatic carbocycles. The van der Waals surface area contributed by atoms with Crippen molar-refractivity contribution in [1.29, 1.82) is 0 Å². The molecule has 0 amide bonds. The summed E-state index contributed by atoms with van der Waals surface area (Å²) in [4.78, 5) is 4.12. The van der Waals surface area contributed by atoms with Gasteiger partial charge < -0.3 is 5.32 Å². The summed E-state index contributed by atoms with van der Waals surface area (Å²) in [6.07, 6.45) is 9.89. The topological polar surface area (TPSA) is 24.9 Å². The highest BCUT2D eigenvalue weighted by molar-refractivity contribution is 6.33. The second kappa shape index (κ2) is 5.26. The van der Waals surface area contributed by atoms with Gasteiger partial charge in [0.05, 0.1) is 16.9 Å². The fraction of sp³-hybridized carbons (Fsp3) is 0.643. The van der Waals surface area contributed by atoms with Crippen molar-refractivity contribution in [2.75, 3.05) is 5.32 Å². The van der Waals surface area contributed by atoms with Crippen molar-refractivity contribution in [3.8, 4) is 0 Å². The van der Waals surface area contributed by atoms with Gasteiger partial charge in [0.1, 0.15) is 0 Å². The van der Waals surface area contributed by atoms with Gasteiger partial charge in [-0.05, 0) is 37.2 Å². The highest BCUT2D eigenvalue weighted by Gasteiger charge is 2.24. The Morgan fingerprint density at radius 1 is 1.35 bits per heavy atom. The molecule has 0 saturated heterocycles. The number of nitrogens with one attached hydrogen (secondary N) is 1. The van der Waals surface area contributed by atoms with E-state index in [-0.39, 0.29) is 0 Å². The minimum atomic E-state index is 0.495. The number of pyridine rings is 1. The Labute approximate surface area is 109 Å². The molecule has 1 N–H and O–H groups in total. The average Bonchev–Trinajstić information content (AvgIpc) is 2.44. The second-order valence-electron chi connectivity index (χ2n) is 5.79. The third-order valence-corrected chi connectivity index (χ3v) is 4.03. The summed E-state index contributed by atoms with van der Waals surface area (Å²) in [5, 5.41) is 4.30. The second-order valence-corrected chi connectivity index (χ2v) is 6.20. The summed E-state index contributed by atoms with van der Waals surface area (Å²) in [7, 11) is 0. The molecule has 1 saturated carbocycles. The number of nitrogens with zero attached hydrogens (tertiary/aromatic N) is 1. The number of anilines is 1. The van der Waals surface area contributed by atoms with Crippen LogP contribution in [-0.4, -0.2) is 11.0 Å². The molecule has 0 aliphatic heterocycles. The van der Waals surface area contributed by atoms with Crippen molar-refractivity contribution >= 4 is 17.3 Å². The van der Waals surface area contributed by atoms with Crippen molar-refractivity contribution in [3.63, 3.8) is 0 Å². The molecular weight excluding hydrogens is 232 g/mol. The van der Waals surface area contributed by atoms with Gasteiger partial charge in [-0.25, -0.2) is 0 Å². The lowest BCUT2D eigenvalue weighted by atomic mass is 9.85. The monoisotopic (exact) mass is 252 g/mol. The van der Waals surface area contributed by atoms with Crippen LogP contribution in [-0.2, 0) is 0 Å². The molecular formula is C14H21ClN2. The van der Waals surface area contributed by atoms with Crippen LogP contribution >= 0.6 is 11.6 Å². The third-order valence-electron chi connectivity index (χ3n) is 3.70. The zero-order valence-electron chi connectivity index (χ0n) is 10.7. The third kappa shape index (κ3) is 3.60. The van der Waals surface area contributed by atoms with Gasteiger partial charge in [0.25, 0.3) is 0 Å². The highest BCUT2D eigenvalue weighted by Crippen LogP contribution is 2.35. The molecule has 1 atom stereocenters. The molecule has 1 fully saturated rings. The average molecular weight is 253 g/mol. The van der Waals surface area contributed by atoms with E-state index in [1.54, 1.807) is 6.20 Å². The molecule has 1 heterocycles. The molecule has 0 radical (unpaired) electrons. The van der Waals surface area contributed by atoms with Crippen molar-refractivity contribution in [2.45, 2.75) is 52.0 Å². The van der Waals surface area contributed by atoms with Crippen LogP contribution in [0, 0.1) is 5.41 Å². The maximum atomic E-state index is 6.14. The molecule has 17 heavy (non-hydrogen) atoms. The van der Waals surface area contributed by atoms with Crippen LogP contribution in [0.1, 0.15) is 46.0 Å². The Kier molecular flexibility index (Phi) is 3.93. The van der Waals surface area contributed by atoms with Crippen molar-refractivity contribution < 1.29 is 0 Å². The summed E-state index contributed by atoms with van der Waals surface area (Å²) in [6, 6.07) is 2.38. The van der Waals surface area contributed by atoms with Crippen molar-refractivity contribution in [2.24, 2.45) is 5.41 Å². The minimum absolute atomic E-state index is 0.495. The van der Waals surface area contributed by atoms with E-state index in [0.717, 1.165) is 10.7 Å². The van der Waals surface area contributed by atoms with Crippen LogP contribution in [0.4, 0.5) is 5.69 Å². The van der Waals surface area contributed by atoms with Crippen LogP contribution in [0.25, 0.3) is 0 Å². The van der Waals surface area contributed by atoms with Crippen LogP contribution in [0.2, 0.25) is 5.02 Å². The largest absolute Gasteiger partial charge is 0.380 e. The van der Waals surface area contributed by atoms with Gasteiger partial charge in [-0.3, -0.25) is 4.98 Å². The van der Waals surface area contributed by atoms with Gasteiger partial charge >= 0.3 is 0 Å². The van der Waals surface area contributed by atoms with E-state index in [1.165, 1.54) is 32.1 Å². The molecule has 94 valence electrons. The molecule has 1 aromatic heterocycles. The van der Waals surface area contributed by atoms with E-state index in [0.29, 0.717) is 11.5 Å². The predicted molar refractivity (Wildman–Crippen MR) is 73.5 cm³/mol. The lowest BCUT2D eigenvalue weighted by Crippen LogP contribution is -2.19. The molecule has 1 unspecified atom stereocenters. The first-order valence-electron chi connectivity index (χ1n) is 6.43. The van der Waals surface area contributed by atoms with Crippen LogP contribution in [0.3, 0.4) is 0 Å². The Morgan fingerprint density at radius 2 is 2.18 bits per heavy atom. The van der Waals surface area contributed by atoms with Gasteiger partial charge in [-0.15, -0.1) is 0 Å². The molecule has 2 nitrogen and oxygen atoms in total. The number of hydrogen-bond donors (Lipinski definition) is 1. The molecule has 3 heteroatoms. The number of halogens is 1. The first-order valence-corrected chi connectivity index (χ1v) is 6.81. The summed E-state index contributed by atoms with van der Waals surface area (Å²) >= 11 is 6.14. The Balaban J connectivity index is 1.98. The summed E-state index contributed by atoms with van der Waals surface area (Å²) in [5.74, 6) is 0. The smallest absolute Gasteiger partial charge is 0.0718 e. The van der Waals surface area contributed by atoms with E-state index in [1.807, 2.05) is 12.3 Å². The maximum Gasteiger partial charge on any atom is 0.0718 e. The van der Waals surface area contributed by atoms with Gasteiger partial charge in [0.2, 0.25) is 0 Å². The summed E-state index contributed by atoms with van der Waals surface area (Å²) < 4.78 is 0. The van der Waals surface area contributed by atoms with Crippen LogP contribution in [0.5, 0.6) is 0 Å².